The van der Waals surface area contributed by atoms with Crippen LogP contribution in [0.1, 0.15) is 11.3 Å². The summed E-state index contributed by atoms with van der Waals surface area (Å²) in [7, 11) is 3.98. The third-order valence-electron chi connectivity index (χ3n) is 2.61. The fourth-order valence-corrected chi connectivity index (χ4v) is 1.69. The lowest BCUT2D eigenvalue weighted by atomic mass is 10.2. The number of aromatic nitrogens is 4. The molecule has 0 aliphatic carbocycles. The van der Waals surface area contributed by atoms with Gasteiger partial charge in [-0.1, -0.05) is 5.21 Å². The predicted octanol–water partition coefficient (Wildman–Crippen LogP) is 0.885. The Labute approximate surface area is 101 Å². The van der Waals surface area contributed by atoms with E-state index in [1.54, 1.807) is 4.68 Å². The largest absolute Gasteiger partial charge is 0.300 e. The average molecular weight is 231 g/mol. The highest BCUT2D eigenvalue weighted by molar-refractivity contribution is 5.09. The second-order valence-corrected chi connectivity index (χ2v) is 4.23. The van der Waals surface area contributed by atoms with Crippen molar-refractivity contribution in [3.05, 3.63) is 42.0 Å². The maximum absolute atomic E-state index is 4.07. The van der Waals surface area contributed by atoms with E-state index in [0.29, 0.717) is 0 Å². The van der Waals surface area contributed by atoms with E-state index in [1.165, 1.54) is 5.56 Å². The quantitative estimate of drug-likeness (QED) is 0.766. The standard InChI is InChI=1S/C12H17N5/c1-16(9-12-10-17(2)15-14-12)8-5-11-3-6-13-7-4-11/h3-4,6-7,10H,5,8-9H2,1-2H3. The molecule has 0 amide bonds. The van der Waals surface area contributed by atoms with Crippen molar-refractivity contribution in [1.29, 1.82) is 0 Å². The van der Waals surface area contributed by atoms with Gasteiger partial charge in [-0.2, -0.15) is 0 Å². The molecule has 2 aromatic heterocycles. The van der Waals surface area contributed by atoms with E-state index in [2.05, 4.69) is 39.4 Å². The lowest BCUT2D eigenvalue weighted by Gasteiger charge is -2.14. The summed E-state index contributed by atoms with van der Waals surface area (Å²) in [6, 6.07) is 4.10. The van der Waals surface area contributed by atoms with Gasteiger partial charge in [0.15, 0.2) is 0 Å². The van der Waals surface area contributed by atoms with Crippen LogP contribution in [0.3, 0.4) is 0 Å². The van der Waals surface area contributed by atoms with Gasteiger partial charge in [-0.05, 0) is 31.2 Å². The molecule has 0 radical (unpaired) electrons. The van der Waals surface area contributed by atoms with Gasteiger partial charge in [0.2, 0.25) is 0 Å². The third kappa shape index (κ3) is 3.64. The Morgan fingerprint density at radius 3 is 2.71 bits per heavy atom. The van der Waals surface area contributed by atoms with Gasteiger partial charge in [-0.25, -0.2) is 0 Å². The van der Waals surface area contributed by atoms with E-state index in [9.17, 15) is 0 Å². The second-order valence-electron chi connectivity index (χ2n) is 4.23. The Hall–Kier alpha value is -1.75. The zero-order valence-corrected chi connectivity index (χ0v) is 10.2. The summed E-state index contributed by atoms with van der Waals surface area (Å²) in [6.45, 7) is 1.83. The number of pyridine rings is 1. The van der Waals surface area contributed by atoms with Crippen LogP contribution >= 0.6 is 0 Å². The van der Waals surface area contributed by atoms with Crippen LogP contribution in [0.2, 0.25) is 0 Å². The Balaban J connectivity index is 1.80. The molecule has 0 aliphatic heterocycles. The fraction of sp³-hybridized carbons (Fsp3) is 0.417. The molecule has 0 bridgehead atoms. The topological polar surface area (TPSA) is 46.8 Å². The van der Waals surface area contributed by atoms with Gasteiger partial charge in [0.25, 0.3) is 0 Å². The van der Waals surface area contributed by atoms with Crippen LogP contribution in [0.5, 0.6) is 0 Å². The van der Waals surface area contributed by atoms with Crippen LogP contribution in [0.15, 0.2) is 30.7 Å². The summed E-state index contributed by atoms with van der Waals surface area (Å²) < 4.78 is 1.73. The molecule has 0 saturated carbocycles. The monoisotopic (exact) mass is 231 g/mol. The van der Waals surface area contributed by atoms with Crippen LogP contribution in [0.4, 0.5) is 0 Å². The minimum atomic E-state index is 0.832. The highest BCUT2D eigenvalue weighted by atomic mass is 15.4. The predicted molar refractivity (Wildman–Crippen MR) is 65.3 cm³/mol. The minimum Gasteiger partial charge on any atom is -0.300 e. The number of likely N-dealkylation sites (N-methyl/N-ethyl adjacent to an activating group) is 1. The summed E-state index contributed by atoms with van der Waals surface area (Å²) >= 11 is 0. The second kappa shape index (κ2) is 5.54. The number of hydrogen-bond donors (Lipinski definition) is 0. The van der Waals surface area contributed by atoms with Gasteiger partial charge in [-0.3, -0.25) is 9.67 Å². The maximum Gasteiger partial charge on any atom is 0.0966 e. The molecule has 0 aromatic carbocycles. The molecule has 90 valence electrons. The molecule has 0 fully saturated rings. The zero-order chi connectivity index (χ0) is 12.1. The van der Waals surface area contributed by atoms with Crippen LogP contribution in [-0.2, 0) is 20.0 Å². The van der Waals surface area contributed by atoms with Crippen molar-refractivity contribution in [3.63, 3.8) is 0 Å². The summed E-state index contributed by atoms with van der Waals surface area (Å²) in [5.41, 5.74) is 2.32. The third-order valence-corrected chi connectivity index (χ3v) is 2.61. The van der Waals surface area contributed by atoms with E-state index in [4.69, 9.17) is 0 Å². The number of rotatable bonds is 5. The van der Waals surface area contributed by atoms with Crippen LogP contribution in [0.25, 0.3) is 0 Å². The van der Waals surface area contributed by atoms with Crippen molar-refractivity contribution < 1.29 is 0 Å². The van der Waals surface area contributed by atoms with Crippen molar-refractivity contribution in [2.24, 2.45) is 7.05 Å². The normalized spacial score (nSPS) is 11.0. The molecule has 2 aromatic rings. The molecular formula is C12H17N5. The first-order valence-electron chi connectivity index (χ1n) is 5.66. The van der Waals surface area contributed by atoms with Crippen molar-refractivity contribution in [3.8, 4) is 0 Å². The molecule has 5 nitrogen and oxygen atoms in total. The highest BCUT2D eigenvalue weighted by Crippen LogP contribution is 2.02. The Bertz CT molecular complexity index is 451. The van der Waals surface area contributed by atoms with Gasteiger partial charge < -0.3 is 4.90 Å². The fourth-order valence-electron chi connectivity index (χ4n) is 1.69. The summed E-state index contributed by atoms with van der Waals surface area (Å²) in [5, 5.41) is 7.99. The first-order chi connectivity index (χ1) is 8.24. The molecule has 0 saturated heterocycles. The summed E-state index contributed by atoms with van der Waals surface area (Å²) in [5.74, 6) is 0. The molecule has 2 rings (SSSR count). The molecule has 5 heteroatoms. The smallest absolute Gasteiger partial charge is 0.0966 e. The molecule has 0 unspecified atom stereocenters. The van der Waals surface area contributed by atoms with Gasteiger partial charge in [0.1, 0.15) is 0 Å². The van der Waals surface area contributed by atoms with Crippen molar-refractivity contribution in [2.45, 2.75) is 13.0 Å². The molecule has 17 heavy (non-hydrogen) atoms. The Morgan fingerprint density at radius 2 is 2.06 bits per heavy atom. The highest BCUT2D eigenvalue weighted by Gasteiger charge is 2.03. The van der Waals surface area contributed by atoms with Gasteiger partial charge in [0.05, 0.1) is 5.69 Å². The van der Waals surface area contributed by atoms with Crippen molar-refractivity contribution in [1.82, 2.24) is 24.9 Å². The van der Waals surface area contributed by atoms with Crippen LogP contribution in [-0.4, -0.2) is 38.5 Å². The zero-order valence-electron chi connectivity index (χ0n) is 10.2. The first-order valence-corrected chi connectivity index (χ1v) is 5.66. The molecule has 0 N–H and O–H groups in total. The first kappa shape index (κ1) is 11.7. The lowest BCUT2D eigenvalue weighted by molar-refractivity contribution is 0.327. The molecule has 2 heterocycles. The lowest BCUT2D eigenvalue weighted by Crippen LogP contribution is -2.20. The number of aryl methyl sites for hydroxylation is 1. The SMILES string of the molecule is CN(CCc1ccncc1)Cc1cn(C)nn1. The van der Waals surface area contributed by atoms with Crippen LogP contribution in [0, 0.1) is 0 Å². The molecule has 0 spiro atoms. The average Bonchev–Trinajstić information content (AvgIpc) is 2.73. The minimum absolute atomic E-state index is 0.832. The Kier molecular flexibility index (Phi) is 3.82. The maximum atomic E-state index is 4.07. The van der Waals surface area contributed by atoms with Gasteiger partial charge in [0, 0.05) is 38.7 Å². The summed E-state index contributed by atoms with van der Waals surface area (Å²) in [6.07, 6.45) is 6.64. The van der Waals surface area contributed by atoms with Gasteiger partial charge in [-0.15, -0.1) is 5.10 Å². The number of nitrogens with zero attached hydrogens (tertiary/aromatic N) is 5. The Morgan fingerprint density at radius 1 is 1.29 bits per heavy atom. The molecular weight excluding hydrogens is 214 g/mol. The molecule has 0 aliphatic rings. The van der Waals surface area contributed by atoms with Crippen molar-refractivity contribution in [2.75, 3.05) is 13.6 Å². The van der Waals surface area contributed by atoms with E-state index in [1.807, 2.05) is 25.6 Å². The van der Waals surface area contributed by atoms with Crippen LogP contribution < -0.4 is 0 Å². The van der Waals surface area contributed by atoms with E-state index < -0.39 is 0 Å². The van der Waals surface area contributed by atoms with Crippen molar-refractivity contribution >= 4 is 0 Å². The number of hydrogen-bond acceptors (Lipinski definition) is 4. The van der Waals surface area contributed by atoms with E-state index in [-0.39, 0.29) is 0 Å². The summed E-state index contributed by atoms with van der Waals surface area (Å²) in [4.78, 5) is 6.25. The molecule has 0 atom stereocenters. The van der Waals surface area contributed by atoms with Gasteiger partial charge >= 0.3 is 0 Å². The van der Waals surface area contributed by atoms with E-state index in [0.717, 1.165) is 25.2 Å². The van der Waals surface area contributed by atoms with E-state index >= 15 is 0 Å².